The number of carboxylic acids is 1. The fourth-order valence-electron chi connectivity index (χ4n) is 5.68. The van der Waals surface area contributed by atoms with E-state index in [0.717, 1.165) is 37.7 Å². The first-order chi connectivity index (χ1) is 20.4. The molecule has 218 valence electrons. The van der Waals surface area contributed by atoms with Crippen molar-refractivity contribution < 1.29 is 24.4 Å². The van der Waals surface area contributed by atoms with Crippen molar-refractivity contribution in [3.05, 3.63) is 88.1 Å². The van der Waals surface area contributed by atoms with E-state index in [1.165, 1.54) is 19.2 Å². The fraction of sp³-hybridized carbons (Fsp3) is 0.323. The Bertz CT molecular complexity index is 1600. The minimum atomic E-state index is -0.958. The van der Waals surface area contributed by atoms with Gasteiger partial charge in [0.15, 0.2) is 11.4 Å². The molecule has 42 heavy (non-hydrogen) atoms. The molecule has 0 radical (unpaired) electrons. The monoisotopic (exact) mass is 571 g/mol. The van der Waals surface area contributed by atoms with Crippen molar-refractivity contribution in [2.75, 3.05) is 12.4 Å². The van der Waals surface area contributed by atoms with Crippen LogP contribution in [0.5, 0.6) is 5.75 Å². The topological polar surface area (TPSA) is 148 Å². The third-order valence-corrected chi connectivity index (χ3v) is 7.78. The van der Waals surface area contributed by atoms with Gasteiger partial charge in [-0.2, -0.15) is 0 Å². The molecule has 1 aliphatic rings. The number of methoxy groups -OCH3 is 1. The van der Waals surface area contributed by atoms with Gasteiger partial charge in [0.05, 0.1) is 24.0 Å². The molecule has 1 unspecified atom stereocenters. The molecular weight excluding hydrogens is 538 g/mol. The molecule has 3 N–H and O–H groups in total. The molecule has 2 heterocycles. The van der Waals surface area contributed by atoms with Gasteiger partial charge in [-0.1, -0.05) is 49.6 Å². The van der Waals surface area contributed by atoms with E-state index < -0.39 is 22.8 Å². The molecule has 1 aliphatic carbocycles. The van der Waals surface area contributed by atoms with Gasteiger partial charge in [0.2, 0.25) is 0 Å². The summed E-state index contributed by atoms with van der Waals surface area (Å²) in [6, 6.07) is 17.2. The van der Waals surface area contributed by atoms with Crippen molar-refractivity contribution in [2.45, 2.75) is 51.1 Å². The van der Waals surface area contributed by atoms with Crippen LogP contribution in [0.1, 0.15) is 54.4 Å². The molecule has 2 aromatic heterocycles. The van der Waals surface area contributed by atoms with Gasteiger partial charge in [-0.05, 0) is 48.6 Å². The van der Waals surface area contributed by atoms with E-state index in [9.17, 15) is 24.8 Å². The number of nitrogens with one attached hydrogen (secondary N) is 2. The summed E-state index contributed by atoms with van der Waals surface area (Å²) in [6.07, 6.45) is 6.51. The van der Waals surface area contributed by atoms with Crippen molar-refractivity contribution >= 4 is 29.0 Å². The smallest absolute Gasteiger partial charge is 0.311 e. The number of hydrogen-bond acceptors (Lipinski definition) is 7. The number of carbonyl (C=O) groups is 2. The number of anilines is 1. The second kappa shape index (κ2) is 12.7. The van der Waals surface area contributed by atoms with Gasteiger partial charge in [0.25, 0.3) is 5.91 Å². The molecule has 1 fully saturated rings. The Hall–Kier alpha value is -4.93. The minimum absolute atomic E-state index is 0.0942. The van der Waals surface area contributed by atoms with Gasteiger partial charge in [-0.3, -0.25) is 24.1 Å². The van der Waals surface area contributed by atoms with Gasteiger partial charge in [-0.25, -0.2) is 4.98 Å². The van der Waals surface area contributed by atoms with E-state index >= 15 is 0 Å². The van der Waals surface area contributed by atoms with Gasteiger partial charge in [-0.15, -0.1) is 0 Å². The number of nitro benzene ring substituents is 1. The number of aliphatic carboxylic acids is 1. The summed E-state index contributed by atoms with van der Waals surface area (Å²) >= 11 is 0. The number of benzene rings is 2. The number of fused-ring (bicyclic) bond motifs is 1. The first-order valence-electron chi connectivity index (χ1n) is 14.0. The van der Waals surface area contributed by atoms with Crippen LogP contribution in [-0.2, 0) is 11.3 Å². The van der Waals surface area contributed by atoms with E-state index in [1.54, 1.807) is 28.8 Å². The summed E-state index contributed by atoms with van der Waals surface area (Å²) in [5.41, 5.74) is 2.32. The molecule has 1 atom stereocenters. The number of carboxylic acid groups (broad SMARTS) is 1. The zero-order chi connectivity index (χ0) is 29.6. The number of nitro groups is 1. The Balaban J connectivity index is 1.57. The number of pyridine rings is 1. The number of ether oxygens (including phenoxy) is 1. The van der Waals surface area contributed by atoms with E-state index in [1.807, 2.05) is 30.3 Å². The number of hydrogen-bond donors (Lipinski definition) is 3. The number of nitrogens with zero attached hydrogens (tertiary/aromatic N) is 3. The molecule has 0 saturated heterocycles. The van der Waals surface area contributed by atoms with Crippen LogP contribution in [0.3, 0.4) is 0 Å². The lowest BCUT2D eigenvalue weighted by Gasteiger charge is -2.30. The van der Waals surface area contributed by atoms with Crippen LogP contribution in [-0.4, -0.2) is 44.4 Å². The first-order valence-corrected chi connectivity index (χ1v) is 14.0. The van der Waals surface area contributed by atoms with Gasteiger partial charge < -0.3 is 20.5 Å². The van der Waals surface area contributed by atoms with Crippen LogP contribution in [0.25, 0.3) is 16.9 Å². The van der Waals surface area contributed by atoms with Gasteiger partial charge in [0.1, 0.15) is 11.5 Å². The van der Waals surface area contributed by atoms with Crippen LogP contribution in [0.4, 0.5) is 11.5 Å². The summed E-state index contributed by atoms with van der Waals surface area (Å²) in [5, 5.41) is 27.7. The molecule has 5 rings (SSSR count). The number of imidazole rings is 1. The maximum Gasteiger partial charge on any atom is 0.311 e. The SMILES string of the molecule is COc1ccc(-c2nc3c(C(=O)NC(CC(=O)O)C4CCCCC4)cccn3c2NCc2ccccc2)cc1[N+](=O)[O-]. The van der Waals surface area contributed by atoms with Crippen LogP contribution < -0.4 is 15.4 Å². The Morgan fingerprint density at radius 2 is 1.88 bits per heavy atom. The summed E-state index contributed by atoms with van der Waals surface area (Å²) in [7, 11) is 1.37. The lowest BCUT2D eigenvalue weighted by Crippen LogP contribution is -2.42. The van der Waals surface area contributed by atoms with Crippen molar-refractivity contribution in [3.8, 4) is 17.0 Å². The van der Waals surface area contributed by atoms with Crippen LogP contribution >= 0.6 is 0 Å². The zero-order valence-corrected chi connectivity index (χ0v) is 23.3. The van der Waals surface area contributed by atoms with Crippen molar-refractivity contribution in [2.24, 2.45) is 5.92 Å². The largest absolute Gasteiger partial charge is 0.490 e. The lowest BCUT2D eigenvalue weighted by atomic mass is 9.82. The van der Waals surface area contributed by atoms with E-state index in [4.69, 9.17) is 9.72 Å². The summed E-state index contributed by atoms with van der Waals surface area (Å²) in [5.74, 6) is -0.599. The molecule has 2 aromatic carbocycles. The fourth-order valence-corrected chi connectivity index (χ4v) is 5.68. The Labute approximate surface area is 242 Å². The number of carbonyl (C=O) groups excluding carboxylic acids is 1. The highest BCUT2D eigenvalue weighted by atomic mass is 16.6. The zero-order valence-electron chi connectivity index (χ0n) is 23.3. The molecule has 1 saturated carbocycles. The highest BCUT2D eigenvalue weighted by Gasteiger charge is 2.29. The van der Waals surface area contributed by atoms with Crippen molar-refractivity contribution in [1.29, 1.82) is 0 Å². The predicted octanol–water partition coefficient (Wildman–Crippen LogP) is 5.68. The third-order valence-electron chi connectivity index (χ3n) is 7.78. The van der Waals surface area contributed by atoms with Crippen LogP contribution in [0.2, 0.25) is 0 Å². The Morgan fingerprint density at radius 3 is 2.57 bits per heavy atom. The van der Waals surface area contributed by atoms with E-state index in [-0.39, 0.29) is 29.3 Å². The molecule has 1 amide bonds. The number of aromatic nitrogens is 2. The molecule has 11 nitrogen and oxygen atoms in total. The third kappa shape index (κ3) is 6.19. The number of rotatable bonds is 11. The Kier molecular flexibility index (Phi) is 8.66. The van der Waals surface area contributed by atoms with Crippen LogP contribution in [0.15, 0.2) is 66.9 Å². The average Bonchev–Trinajstić information content (AvgIpc) is 3.38. The van der Waals surface area contributed by atoms with E-state index in [0.29, 0.717) is 29.3 Å². The summed E-state index contributed by atoms with van der Waals surface area (Å²) in [4.78, 5) is 41.4. The molecular formula is C31H33N5O6. The second-order valence-corrected chi connectivity index (χ2v) is 10.5. The maximum atomic E-state index is 13.7. The highest BCUT2D eigenvalue weighted by molar-refractivity contribution is 6.01. The van der Waals surface area contributed by atoms with Crippen molar-refractivity contribution in [1.82, 2.24) is 14.7 Å². The van der Waals surface area contributed by atoms with Gasteiger partial charge in [0, 0.05) is 30.4 Å². The quantitative estimate of drug-likeness (QED) is 0.154. The Morgan fingerprint density at radius 1 is 1.12 bits per heavy atom. The maximum absolute atomic E-state index is 13.7. The second-order valence-electron chi connectivity index (χ2n) is 10.5. The summed E-state index contributed by atoms with van der Waals surface area (Å²) in [6.45, 7) is 0.443. The molecule has 11 heteroatoms. The normalized spacial score (nSPS) is 14.3. The van der Waals surface area contributed by atoms with Gasteiger partial charge >= 0.3 is 11.7 Å². The average molecular weight is 572 g/mol. The lowest BCUT2D eigenvalue weighted by molar-refractivity contribution is -0.385. The van der Waals surface area contributed by atoms with E-state index in [2.05, 4.69) is 10.6 Å². The molecule has 0 bridgehead atoms. The molecule has 4 aromatic rings. The molecule has 0 aliphatic heterocycles. The highest BCUT2D eigenvalue weighted by Crippen LogP contribution is 2.36. The standard InChI is InChI=1S/C31H33N5O6/c1-42-26-15-14-22(17-25(26)36(40)41)28-30(32-19-20-9-4-2-5-10-20)35-16-8-13-23(29(35)34-28)31(39)33-24(18-27(37)38)21-11-6-3-7-12-21/h2,4-5,8-10,13-17,21,24,32H,3,6-7,11-12,18-19H2,1H3,(H,33,39)(H,37,38). The first kappa shape index (κ1) is 28.6. The minimum Gasteiger partial charge on any atom is -0.490 e. The summed E-state index contributed by atoms with van der Waals surface area (Å²) < 4.78 is 6.93. The predicted molar refractivity (Wildman–Crippen MR) is 158 cm³/mol. The number of amides is 1. The van der Waals surface area contributed by atoms with Crippen LogP contribution in [0, 0.1) is 16.0 Å². The van der Waals surface area contributed by atoms with Crippen molar-refractivity contribution in [3.63, 3.8) is 0 Å². The molecule has 0 spiro atoms.